The van der Waals surface area contributed by atoms with E-state index in [4.69, 9.17) is 11.6 Å². The standard InChI is InChI=1S/C13H14ClN3O2/c1-13(2,3)17-11(10(12(18)19)15-16-17)8-4-6-9(14)7-5-8/h4-7H,1-3H3,(H,18,19). The van der Waals surface area contributed by atoms with Crippen LogP contribution in [0, 0.1) is 0 Å². The highest BCUT2D eigenvalue weighted by Crippen LogP contribution is 2.28. The number of carboxylic acids is 1. The largest absolute Gasteiger partial charge is 0.476 e. The molecule has 1 aromatic heterocycles. The number of carbonyl (C=O) groups is 1. The molecule has 0 amide bonds. The van der Waals surface area contributed by atoms with E-state index in [-0.39, 0.29) is 11.2 Å². The van der Waals surface area contributed by atoms with Gasteiger partial charge in [0.25, 0.3) is 0 Å². The van der Waals surface area contributed by atoms with Crippen LogP contribution in [0.3, 0.4) is 0 Å². The predicted octanol–water partition coefficient (Wildman–Crippen LogP) is 3.05. The fourth-order valence-electron chi connectivity index (χ4n) is 1.76. The van der Waals surface area contributed by atoms with Crippen LogP contribution in [0.1, 0.15) is 31.3 Å². The first-order chi connectivity index (χ1) is 8.80. The molecule has 0 saturated carbocycles. The number of rotatable bonds is 2. The van der Waals surface area contributed by atoms with E-state index in [2.05, 4.69) is 10.3 Å². The minimum absolute atomic E-state index is 0.0581. The fraction of sp³-hybridized carbons (Fsp3) is 0.308. The normalized spacial score (nSPS) is 11.6. The van der Waals surface area contributed by atoms with Crippen LogP contribution >= 0.6 is 11.6 Å². The second-order valence-corrected chi connectivity index (χ2v) is 5.62. The van der Waals surface area contributed by atoms with Gasteiger partial charge in [-0.15, -0.1) is 5.10 Å². The number of hydrogen-bond acceptors (Lipinski definition) is 3. The van der Waals surface area contributed by atoms with Crippen LogP contribution in [0.2, 0.25) is 5.02 Å². The van der Waals surface area contributed by atoms with Gasteiger partial charge in [0, 0.05) is 10.6 Å². The molecule has 0 unspecified atom stereocenters. The SMILES string of the molecule is CC(C)(C)n1nnc(C(=O)O)c1-c1ccc(Cl)cc1. The summed E-state index contributed by atoms with van der Waals surface area (Å²) >= 11 is 5.85. The lowest BCUT2D eigenvalue weighted by molar-refractivity contribution is 0.0691. The Morgan fingerprint density at radius 2 is 1.84 bits per heavy atom. The molecule has 6 heteroatoms. The molecule has 1 heterocycles. The molecule has 0 radical (unpaired) electrons. The van der Waals surface area contributed by atoms with Gasteiger partial charge in [-0.05, 0) is 32.9 Å². The van der Waals surface area contributed by atoms with Crippen LogP contribution in [0.5, 0.6) is 0 Å². The second-order valence-electron chi connectivity index (χ2n) is 5.18. The first kappa shape index (κ1) is 13.5. The summed E-state index contributed by atoms with van der Waals surface area (Å²) in [5.74, 6) is -1.10. The molecule has 2 rings (SSSR count). The molecule has 0 atom stereocenters. The quantitative estimate of drug-likeness (QED) is 0.917. The van der Waals surface area contributed by atoms with Crippen molar-refractivity contribution in [3.8, 4) is 11.3 Å². The van der Waals surface area contributed by atoms with Crippen molar-refractivity contribution in [2.45, 2.75) is 26.3 Å². The zero-order valence-corrected chi connectivity index (χ0v) is 11.6. The molecule has 19 heavy (non-hydrogen) atoms. The molecule has 1 aromatic carbocycles. The molecule has 0 aliphatic heterocycles. The van der Waals surface area contributed by atoms with Crippen molar-refractivity contribution in [1.29, 1.82) is 0 Å². The maximum absolute atomic E-state index is 11.3. The lowest BCUT2D eigenvalue weighted by Gasteiger charge is -2.21. The summed E-state index contributed by atoms with van der Waals surface area (Å²) in [5, 5.41) is 17.5. The smallest absolute Gasteiger partial charge is 0.358 e. The summed E-state index contributed by atoms with van der Waals surface area (Å²) in [5.41, 5.74) is 0.783. The molecule has 5 nitrogen and oxygen atoms in total. The highest BCUT2D eigenvalue weighted by atomic mass is 35.5. The van der Waals surface area contributed by atoms with E-state index in [1.54, 1.807) is 28.9 Å². The minimum Gasteiger partial charge on any atom is -0.476 e. The summed E-state index contributed by atoms with van der Waals surface area (Å²) in [4.78, 5) is 11.3. The molecule has 0 saturated heterocycles. The van der Waals surface area contributed by atoms with Crippen LogP contribution in [0.4, 0.5) is 0 Å². The Morgan fingerprint density at radius 1 is 1.26 bits per heavy atom. The van der Waals surface area contributed by atoms with E-state index < -0.39 is 5.97 Å². The zero-order chi connectivity index (χ0) is 14.2. The first-order valence-corrected chi connectivity index (χ1v) is 6.14. The average molecular weight is 280 g/mol. The number of halogens is 1. The van der Waals surface area contributed by atoms with Gasteiger partial charge in [0.05, 0.1) is 5.54 Å². The maximum atomic E-state index is 11.3. The number of hydrogen-bond donors (Lipinski definition) is 1. The molecule has 100 valence electrons. The van der Waals surface area contributed by atoms with E-state index in [0.717, 1.165) is 5.56 Å². The van der Waals surface area contributed by atoms with E-state index in [1.165, 1.54) is 0 Å². The van der Waals surface area contributed by atoms with E-state index in [0.29, 0.717) is 10.7 Å². The molecule has 0 aliphatic rings. The highest BCUT2D eigenvalue weighted by molar-refractivity contribution is 6.30. The maximum Gasteiger partial charge on any atom is 0.358 e. The Bertz CT molecular complexity index is 612. The number of carboxylic acid groups (broad SMARTS) is 1. The van der Waals surface area contributed by atoms with E-state index in [9.17, 15) is 9.90 Å². The summed E-state index contributed by atoms with van der Waals surface area (Å²) in [6.07, 6.45) is 0. The molecule has 0 spiro atoms. The van der Waals surface area contributed by atoms with E-state index in [1.807, 2.05) is 20.8 Å². The van der Waals surface area contributed by atoms with Gasteiger partial charge < -0.3 is 5.11 Å². The average Bonchev–Trinajstić information content (AvgIpc) is 2.74. The Morgan fingerprint density at radius 3 is 2.32 bits per heavy atom. The van der Waals surface area contributed by atoms with Crippen molar-refractivity contribution >= 4 is 17.6 Å². The molecule has 0 aliphatic carbocycles. The topological polar surface area (TPSA) is 68.0 Å². The Labute approximate surface area is 115 Å². The van der Waals surface area contributed by atoms with Crippen molar-refractivity contribution in [3.05, 3.63) is 35.0 Å². The van der Waals surface area contributed by atoms with Crippen LogP contribution in [-0.4, -0.2) is 26.1 Å². The van der Waals surface area contributed by atoms with Gasteiger partial charge in [0.1, 0.15) is 5.69 Å². The van der Waals surface area contributed by atoms with Gasteiger partial charge in [-0.3, -0.25) is 0 Å². The monoisotopic (exact) mass is 279 g/mol. The molecular formula is C13H14ClN3O2. The lowest BCUT2D eigenvalue weighted by Crippen LogP contribution is -2.24. The Hall–Kier alpha value is -1.88. The number of aromatic carboxylic acids is 1. The van der Waals surface area contributed by atoms with Crippen LogP contribution in [0.25, 0.3) is 11.3 Å². The summed E-state index contributed by atoms with van der Waals surface area (Å²) < 4.78 is 1.61. The molecule has 0 bridgehead atoms. The molecule has 1 N–H and O–H groups in total. The number of nitrogens with zero attached hydrogens (tertiary/aromatic N) is 3. The zero-order valence-electron chi connectivity index (χ0n) is 10.9. The lowest BCUT2D eigenvalue weighted by atomic mass is 10.1. The van der Waals surface area contributed by atoms with Crippen LogP contribution < -0.4 is 0 Å². The van der Waals surface area contributed by atoms with Gasteiger partial charge in [0.15, 0.2) is 5.69 Å². The van der Waals surface area contributed by atoms with Gasteiger partial charge in [-0.2, -0.15) is 0 Å². The van der Waals surface area contributed by atoms with Gasteiger partial charge in [-0.1, -0.05) is 28.9 Å². The molecular weight excluding hydrogens is 266 g/mol. The van der Waals surface area contributed by atoms with Crippen molar-refractivity contribution in [2.75, 3.05) is 0 Å². The third-order valence-electron chi connectivity index (χ3n) is 2.63. The van der Waals surface area contributed by atoms with Crippen molar-refractivity contribution in [2.24, 2.45) is 0 Å². The van der Waals surface area contributed by atoms with Crippen LogP contribution in [0.15, 0.2) is 24.3 Å². The first-order valence-electron chi connectivity index (χ1n) is 5.76. The van der Waals surface area contributed by atoms with Crippen molar-refractivity contribution in [1.82, 2.24) is 15.0 Å². The summed E-state index contributed by atoms with van der Waals surface area (Å²) in [6.45, 7) is 5.81. The Kier molecular flexibility index (Phi) is 3.32. The van der Waals surface area contributed by atoms with Gasteiger partial charge in [-0.25, -0.2) is 9.48 Å². The van der Waals surface area contributed by atoms with Gasteiger partial charge >= 0.3 is 5.97 Å². The number of benzene rings is 1. The van der Waals surface area contributed by atoms with Crippen LogP contribution in [-0.2, 0) is 5.54 Å². The molecule has 0 fully saturated rings. The van der Waals surface area contributed by atoms with Crippen molar-refractivity contribution < 1.29 is 9.90 Å². The third kappa shape index (κ3) is 2.61. The third-order valence-corrected chi connectivity index (χ3v) is 2.88. The van der Waals surface area contributed by atoms with E-state index >= 15 is 0 Å². The molecule has 2 aromatic rings. The van der Waals surface area contributed by atoms with Gasteiger partial charge in [0.2, 0.25) is 0 Å². The van der Waals surface area contributed by atoms with Crippen molar-refractivity contribution in [3.63, 3.8) is 0 Å². The predicted molar refractivity (Wildman–Crippen MR) is 72.4 cm³/mol. The second kappa shape index (κ2) is 4.66. The summed E-state index contributed by atoms with van der Waals surface area (Å²) in [6, 6.07) is 6.94. The fourth-order valence-corrected chi connectivity index (χ4v) is 1.89. The highest BCUT2D eigenvalue weighted by Gasteiger charge is 2.26. The number of aromatic nitrogens is 3. The summed E-state index contributed by atoms with van der Waals surface area (Å²) in [7, 11) is 0. The minimum atomic E-state index is -1.10. The Balaban J connectivity index is 2.68.